The minimum absolute atomic E-state index is 0.126. The summed E-state index contributed by atoms with van der Waals surface area (Å²) in [4.78, 5) is 22.0. The minimum Gasteiger partial charge on any atom is -0.451 e. The van der Waals surface area contributed by atoms with Gasteiger partial charge in [-0.15, -0.1) is 0 Å². The predicted molar refractivity (Wildman–Crippen MR) is 55.6 cm³/mol. The molecule has 2 rings (SSSR count). The van der Waals surface area contributed by atoms with Crippen molar-refractivity contribution in [3.8, 4) is 0 Å². The quantitative estimate of drug-likeness (QED) is 0.563. The Morgan fingerprint density at radius 2 is 2.00 bits per heavy atom. The van der Waals surface area contributed by atoms with Crippen LogP contribution in [0, 0.1) is 0 Å². The highest BCUT2D eigenvalue weighted by atomic mass is 16.6. The molecule has 1 fully saturated rings. The highest BCUT2D eigenvalue weighted by Crippen LogP contribution is 2.11. The number of esters is 1. The van der Waals surface area contributed by atoms with Gasteiger partial charge in [-0.05, 0) is 5.56 Å². The Balaban J connectivity index is 1.76. The molecule has 16 heavy (non-hydrogen) atoms. The van der Waals surface area contributed by atoms with Crippen molar-refractivity contribution >= 4 is 11.8 Å². The Morgan fingerprint density at radius 1 is 1.25 bits per heavy atom. The number of carbonyl (C=O) groups is 2. The number of rotatable bonds is 4. The maximum Gasteiger partial charge on any atom is 0.314 e. The summed E-state index contributed by atoms with van der Waals surface area (Å²) in [6, 6.07) is 9.62. The number of ketones is 1. The SMILES string of the molecule is O=C1CC(=O)C(COCc2ccccc2)O1. The average Bonchev–Trinajstić information content (AvgIpc) is 2.59. The van der Waals surface area contributed by atoms with E-state index in [9.17, 15) is 9.59 Å². The Kier molecular flexibility index (Phi) is 3.31. The standard InChI is InChI=1S/C12H12O4/c13-10-6-12(14)16-11(10)8-15-7-9-4-2-1-3-5-9/h1-5,11H,6-8H2. The van der Waals surface area contributed by atoms with Crippen LogP contribution < -0.4 is 0 Å². The van der Waals surface area contributed by atoms with E-state index >= 15 is 0 Å². The van der Waals surface area contributed by atoms with Gasteiger partial charge in [0.1, 0.15) is 6.42 Å². The van der Waals surface area contributed by atoms with Gasteiger partial charge in [0.15, 0.2) is 11.9 Å². The van der Waals surface area contributed by atoms with E-state index in [2.05, 4.69) is 0 Å². The van der Waals surface area contributed by atoms with Crippen LogP contribution in [0.5, 0.6) is 0 Å². The second-order valence-corrected chi connectivity index (χ2v) is 3.62. The number of Topliss-reactive ketones (excluding diaryl/α,β-unsaturated/α-hetero) is 1. The molecule has 1 aliphatic heterocycles. The average molecular weight is 220 g/mol. The fourth-order valence-corrected chi connectivity index (χ4v) is 1.51. The molecule has 4 heteroatoms. The van der Waals surface area contributed by atoms with Gasteiger partial charge in [0, 0.05) is 0 Å². The van der Waals surface area contributed by atoms with Crippen LogP contribution in [0.2, 0.25) is 0 Å². The molecule has 1 heterocycles. The number of hydrogen-bond acceptors (Lipinski definition) is 4. The van der Waals surface area contributed by atoms with Crippen LogP contribution in [0.3, 0.4) is 0 Å². The van der Waals surface area contributed by atoms with Gasteiger partial charge < -0.3 is 9.47 Å². The van der Waals surface area contributed by atoms with Crippen molar-refractivity contribution in [1.29, 1.82) is 0 Å². The number of cyclic esters (lactones) is 1. The van der Waals surface area contributed by atoms with Crippen molar-refractivity contribution in [1.82, 2.24) is 0 Å². The molecule has 1 atom stereocenters. The topological polar surface area (TPSA) is 52.6 Å². The van der Waals surface area contributed by atoms with Crippen LogP contribution in [0.1, 0.15) is 12.0 Å². The van der Waals surface area contributed by atoms with Gasteiger partial charge in [-0.25, -0.2) is 0 Å². The van der Waals surface area contributed by atoms with Gasteiger partial charge in [-0.1, -0.05) is 30.3 Å². The first-order valence-corrected chi connectivity index (χ1v) is 5.09. The Bertz CT molecular complexity index is 385. The Labute approximate surface area is 93.2 Å². The summed E-state index contributed by atoms with van der Waals surface area (Å²) < 4.78 is 10.1. The molecule has 0 spiro atoms. The molecule has 4 nitrogen and oxygen atoms in total. The molecule has 0 aliphatic carbocycles. The van der Waals surface area contributed by atoms with Crippen LogP contribution in [0.25, 0.3) is 0 Å². The van der Waals surface area contributed by atoms with Crippen LogP contribution in [-0.2, 0) is 25.7 Å². The van der Waals surface area contributed by atoms with E-state index in [-0.39, 0.29) is 18.8 Å². The van der Waals surface area contributed by atoms with Gasteiger partial charge in [-0.3, -0.25) is 9.59 Å². The molecule has 1 unspecified atom stereocenters. The fraction of sp³-hybridized carbons (Fsp3) is 0.333. The summed E-state index contributed by atoms with van der Waals surface area (Å²) in [5.41, 5.74) is 1.03. The number of benzene rings is 1. The first-order chi connectivity index (χ1) is 7.75. The smallest absolute Gasteiger partial charge is 0.314 e. The van der Waals surface area contributed by atoms with Crippen LogP contribution in [0.15, 0.2) is 30.3 Å². The van der Waals surface area contributed by atoms with E-state index in [0.717, 1.165) is 5.56 Å². The molecular weight excluding hydrogens is 208 g/mol. The third-order valence-electron chi connectivity index (χ3n) is 2.33. The summed E-state index contributed by atoms with van der Waals surface area (Å²) in [7, 11) is 0. The summed E-state index contributed by atoms with van der Waals surface area (Å²) in [5, 5.41) is 0. The van der Waals surface area contributed by atoms with Gasteiger partial charge >= 0.3 is 5.97 Å². The molecule has 1 aliphatic rings. The second-order valence-electron chi connectivity index (χ2n) is 3.62. The first-order valence-electron chi connectivity index (χ1n) is 5.09. The molecule has 0 aromatic heterocycles. The molecule has 0 N–H and O–H groups in total. The molecule has 1 aromatic rings. The summed E-state index contributed by atoms with van der Waals surface area (Å²) >= 11 is 0. The number of ether oxygens (including phenoxy) is 2. The summed E-state index contributed by atoms with van der Waals surface area (Å²) in [6.07, 6.45) is -0.837. The molecular formula is C12H12O4. The monoisotopic (exact) mass is 220 g/mol. The van der Waals surface area contributed by atoms with E-state index in [1.807, 2.05) is 30.3 Å². The van der Waals surface area contributed by atoms with E-state index in [1.165, 1.54) is 0 Å². The van der Waals surface area contributed by atoms with Crippen molar-refractivity contribution in [3.63, 3.8) is 0 Å². The highest BCUT2D eigenvalue weighted by Gasteiger charge is 2.32. The predicted octanol–water partition coefficient (Wildman–Crippen LogP) is 1.09. The zero-order valence-electron chi connectivity index (χ0n) is 8.72. The lowest BCUT2D eigenvalue weighted by Crippen LogP contribution is -2.22. The molecule has 0 radical (unpaired) electrons. The molecule has 1 saturated heterocycles. The Morgan fingerprint density at radius 3 is 2.62 bits per heavy atom. The molecule has 84 valence electrons. The normalized spacial score (nSPS) is 19.9. The van der Waals surface area contributed by atoms with E-state index in [4.69, 9.17) is 9.47 Å². The second kappa shape index (κ2) is 4.90. The maximum absolute atomic E-state index is 11.2. The lowest BCUT2D eigenvalue weighted by Gasteiger charge is -2.08. The zero-order valence-corrected chi connectivity index (χ0v) is 8.72. The largest absolute Gasteiger partial charge is 0.451 e. The van der Waals surface area contributed by atoms with Gasteiger partial charge in [0.2, 0.25) is 0 Å². The van der Waals surface area contributed by atoms with Crippen molar-refractivity contribution in [2.75, 3.05) is 6.61 Å². The lowest BCUT2D eigenvalue weighted by atomic mass is 10.2. The first kappa shape index (κ1) is 10.8. The van der Waals surface area contributed by atoms with Crippen LogP contribution in [0.4, 0.5) is 0 Å². The summed E-state index contributed by atoms with van der Waals surface area (Å²) in [5.74, 6) is -0.656. The maximum atomic E-state index is 11.2. The van der Waals surface area contributed by atoms with Crippen molar-refractivity contribution in [3.05, 3.63) is 35.9 Å². The van der Waals surface area contributed by atoms with E-state index in [1.54, 1.807) is 0 Å². The molecule has 0 amide bonds. The molecule has 0 bridgehead atoms. The molecule has 0 saturated carbocycles. The number of carbonyl (C=O) groups excluding carboxylic acids is 2. The third-order valence-corrected chi connectivity index (χ3v) is 2.33. The van der Waals surface area contributed by atoms with E-state index < -0.39 is 12.1 Å². The van der Waals surface area contributed by atoms with Crippen molar-refractivity contribution < 1.29 is 19.1 Å². The van der Waals surface area contributed by atoms with E-state index in [0.29, 0.717) is 6.61 Å². The van der Waals surface area contributed by atoms with Gasteiger partial charge in [0.25, 0.3) is 0 Å². The Hall–Kier alpha value is -1.68. The fourth-order valence-electron chi connectivity index (χ4n) is 1.51. The lowest BCUT2D eigenvalue weighted by molar-refractivity contribution is -0.145. The number of hydrogen-bond donors (Lipinski definition) is 0. The van der Waals surface area contributed by atoms with Crippen LogP contribution >= 0.6 is 0 Å². The third kappa shape index (κ3) is 2.67. The summed E-state index contributed by atoms with van der Waals surface area (Å²) in [6.45, 7) is 0.557. The van der Waals surface area contributed by atoms with Crippen molar-refractivity contribution in [2.24, 2.45) is 0 Å². The van der Waals surface area contributed by atoms with Crippen molar-refractivity contribution in [2.45, 2.75) is 19.1 Å². The highest BCUT2D eigenvalue weighted by molar-refractivity contribution is 6.03. The van der Waals surface area contributed by atoms with Gasteiger partial charge in [-0.2, -0.15) is 0 Å². The molecule has 1 aromatic carbocycles. The van der Waals surface area contributed by atoms with Crippen LogP contribution in [-0.4, -0.2) is 24.5 Å². The van der Waals surface area contributed by atoms with Gasteiger partial charge in [0.05, 0.1) is 13.2 Å². The minimum atomic E-state index is -0.712. The zero-order chi connectivity index (χ0) is 11.4.